The molecule has 0 unspecified atom stereocenters. The van der Waals surface area contributed by atoms with Crippen molar-refractivity contribution in [1.82, 2.24) is 5.32 Å². The third-order valence-electron chi connectivity index (χ3n) is 0.983. The molecule has 0 bridgehead atoms. The highest BCUT2D eigenvalue weighted by molar-refractivity contribution is 5.77. The number of hydrogen-bond donors (Lipinski definition) is 1. The number of rotatable bonds is 4. The molecular weight excluding hydrogens is 130 g/mol. The largest absolute Gasteiger partial charge is 0.375 e. The van der Waals surface area contributed by atoms with Crippen molar-refractivity contribution in [2.24, 2.45) is 5.92 Å². The number of carbonyl (C=O) groups is 1. The summed E-state index contributed by atoms with van der Waals surface area (Å²) in [5, 5.41) is 2.72. The first kappa shape index (κ1) is 9.43. The van der Waals surface area contributed by atoms with Gasteiger partial charge < -0.3 is 10.1 Å². The number of methoxy groups -OCH3 is 1. The van der Waals surface area contributed by atoms with Crippen LogP contribution in [0.1, 0.15) is 13.8 Å². The Hall–Kier alpha value is -0.570. The van der Waals surface area contributed by atoms with E-state index >= 15 is 0 Å². The maximum atomic E-state index is 10.7. The molecule has 0 saturated heterocycles. The first-order valence-electron chi connectivity index (χ1n) is 3.42. The molecule has 0 aliphatic heterocycles. The molecule has 1 N–H and O–H groups in total. The minimum absolute atomic E-state index is 0.0452. The van der Waals surface area contributed by atoms with E-state index in [-0.39, 0.29) is 12.5 Å². The molecule has 3 nitrogen and oxygen atoms in total. The molecule has 60 valence electrons. The van der Waals surface area contributed by atoms with Crippen molar-refractivity contribution in [3.63, 3.8) is 0 Å². The smallest absolute Gasteiger partial charge is 0.245 e. The van der Waals surface area contributed by atoms with Crippen LogP contribution in [0.15, 0.2) is 0 Å². The van der Waals surface area contributed by atoms with Crippen molar-refractivity contribution in [3.05, 3.63) is 0 Å². The fraction of sp³-hybridized carbons (Fsp3) is 0.857. The van der Waals surface area contributed by atoms with E-state index in [1.807, 2.05) is 13.8 Å². The maximum absolute atomic E-state index is 10.7. The summed E-state index contributed by atoms with van der Waals surface area (Å²) in [6, 6.07) is 0. The quantitative estimate of drug-likeness (QED) is 0.622. The number of amides is 1. The topological polar surface area (TPSA) is 38.3 Å². The molecule has 3 heteroatoms. The summed E-state index contributed by atoms with van der Waals surface area (Å²) in [6.07, 6.45) is 0. The van der Waals surface area contributed by atoms with Crippen LogP contribution >= 0.6 is 0 Å². The molecule has 1 amide bonds. The Labute approximate surface area is 61.8 Å². The normalized spacial score (nSPS) is 10.0. The van der Waals surface area contributed by atoms with E-state index in [9.17, 15) is 4.79 Å². The van der Waals surface area contributed by atoms with Gasteiger partial charge in [-0.3, -0.25) is 4.79 Å². The van der Waals surface area contributed by atoms with Gasteiger partial charge in [-0.05, 0) is 5.92 Å². The molecule has 0 aromatic heterocycles. The first-order valence-corrected chi connectivity index (χ1v) is 3.42. The Morgan fingerprint density at radius 1 is 1.60 bits per heavy atom. The van der Waals surface area contributed by atoms with E-state index in [0.29, 0.717) is 5.92 Å². The van der Waals surface area contributed by atoms with E-state index in [2.05, 4.69) is 10.1 Å². The summed E-state index contributed by atoms with van der Waals surface area (Å²) < 4.78 is 4.62. The van der Waals surface area contributed by atoms with Crippen molar-refractivity contribution in [1.29, 1.82) is 0 Å². The van der Waals surface area contributed by atoms with Crippen molar-refractivity contribution in [3.8, 4) is 0 Å². The first-order chi connectivity index (χ1) is 4.66. The zero-order chi connectivity index (χ0) is 7.98. The molecule has 0 fully saturated rings. The summed E-state index contributed by atoms with van der Waals surface area (Å²) >= 11 is 0. The van der Waals surface area contributed by atoms with Crippen LogP contribution in [0.3, 0.4) is 0 Å². The van der Waals surface area contributed by atoms with Gasteiger partial charge in [0.15, 0.2) is 0 Å². The minimum atomic E-state index is -0.0452. The van der Waals surface area contributed by atoms with E-state index < -0.39 is 0 Å². The molecule has 0 aliphatic rings. The van der Waals surface area contributed by atoms with Gasteiger partial charge in [-0.15, -0.1) is 0 Å². The molecule has 0 aliphatic carbocycles. The Bertz CT molecular complexity index is 102. The third kappa shape index (κ3) is 5.56. The minimum Gasteiger partial charge on any atom is -0.375 e. The Morgan fingerprint density at radius 2 is 2.20 bits per heavy atom. The zero-order valence-electron chi connectivity index (χ0n) is 6.81. The highest BCUT2D eigenvalue weighted by atomic mass is 16.5. The summed E-state index contributed by atoms with van der Waals surface area (Å²) in [5.74, 6) is 0.456. The SMILES string of the molecule is COCC(=O)NCC(C)C. The van der Waals surface area contributed by atoms with Gasteiger partial charge in [0.25, 0.3) is 0 Å². The van der Waals surface area contributed by atoms with Crippen molar-refractivity contribution >= 4 is 5.91 Å². The van der Waals surface area contributed by atoms with Crippen LogP contribution in [0.4, 0.5) is 0 Å². The average Bonchev–Trinajstić information content (AvgIpc) is 1.85. The lowest BCUT2D eigenvalue weighted by molar-refractivity contribution is -0.124. The van der Waals surface area contributed by atoms with Crippen LogP contribution in [0.5, 0.6) is 0 Å². The van der Waals surface area contributed by atoms with Crippen LogP contribution in [0.2, 0.25) is 0 Å². The lowest BCUT2D eigenvalue weighted by atomic mass is 10.2. The second kappa shape index (κ2) is 5.23. The van der Waals surface area contributed by atoms with Gasteiger partial charge in [-0.2, -0.15) is 0 Å². The molecule has 0 radical (unpaired) electrons. The second-order valence-corrected chi connectivity index (χ2v) is 2.63. The van der Waals surface area contributed by atoms with E-state index in [4.69, 9.17) is 0 Å². The molecule has 0 atom stereocenters. The highest BCUT2D eigenvalue weighted by Crippen LogP contribution is 1.86. The monoisotopic (exact) mass is 145 g/mol. The number of ether oxygens (including phenoxy) is 1. The van der Waals surface area contributed by atoms with Gasteiger partial charge in [0.05, 0.1) is 0 Å². The summed E-state index contributed by atoms with van der Waals surface area (Å²) in [4.78, 5) is 10.7. The standard InChI is InChI=1S/C7H15NO2/c1-6(2)4-8-7(9)5-10-3/h6H,4-5H2,1-3H3,(H,8,9). The second-order valence-electron chi connectivity index (χ2n) is 2.63. The summed E-state index contributed by atoms with van der Waals surface area (Å²) in [5.41, 5.74) is 0. The van der Waals surface area contributed by atoms with Gasteiger partial charge in [0, 0.05) is 13.7 Å². The van der Waals surface area contributed by atoms with Gasteiger partial charge in [-0.25, -0.2) is 0 Å². The molecule has 0 rings (SSSR count). The Morgan fingerprint density at radius 3 is 2.60 bits per heavy atom. The fourth-order valence-electron chi connectivity index (χ4n) is 0.500. The molecule has 0 heterocycles. The molecule has 0 saturated carbocycles. The molecule has 0 aromatic rings. The van der Waals surface area contributed by atoms with Crippen molar-refractivity contribution < 1.29 is 9.53 Å². The average molecular weight is 145 g/mol. The maximum Gasteiger partial charge on any atom is 0.245 e. The van der Waals surface area contributed by atoms with Crippen LogP contribution in [0, 0.1) is 5.92 Å². The van der Waals surface area contributed by atoms with Crippen LogP contribution in [-0.2, 0) is 9.53 Å². The number of nitrogens with one attached hydrogen (secondary N) is 1. The Balaban J connectivity index is 3.22. The third-order valence-corrected chi connectivity index (χ3v) is 0.983. The number of carbonyl (C=O) groups excluding carboxylic acids is 1. The summed E-state index contributed by atoms with van der Waals surface area (Å²) in [6.45, 7) is 4.98. The molecular formula is C7H15NO2. The molecule has 0 aromatic carbocycles. The fourth-order valence-corrected chi connectivity index (χ4v) is 0.500. The number of hydrogen-bond acceptors (Lipinski definition) is 2. The predicted molar refractivity (Wildman–Crippen MR) is 39.7 cm³/mol. The lowest BCUT2D eigenvalue weighted by Crippen LogP contribution is -2.30. The summed E-state index contributed by atoms with van der Waals surface area (Å²) in [7, 11) is 1.51. The van der Waals surface area contributed by atoms with Crippen molar-refractivity contribution in [2.45, 2.75) is 13.8 Å². The van der Waals surface area contributed by atoms with Crippen LogP contribution < -0.4 is 5.32 Å². The van der Waals surface area contributed by atoms with Gasteiger partial charge in [-0.1, -0.05) is 13.8 Å². The van der Waals surface area contributed by atoms with Gasteiger partial charge in [0.2, 0.25) is 5.91 Å². The predicted octanol–water partition coefficient (Wildman–Crippen LogP) is 0.405. The molecule has 10 heavy (non-hydrogen) atoms. The van der Waals surface area contributed by atoms with E-state index in [1.165, 1.54) is 7.11 Å². The van der Waals surface area contributed by atoms with E-state index in [0.717, 1.165) is 6.54 Å². The van der Waals surface area contributed by atoms with Crippen molar-refractivity contribution in [2.75, 3.05) is 20.3 Å². The van der Waals surface area contributed by atoms with Crippen LogP contribution in [0.25, 0.3) is 0 Å². The Kier molecular flexibility index (Phi) is 4.94. The molecule has 0 spiro atoms. The van der Waals surface area contributed by atoms with Gasteiger partial charge in [0.1, 0.15) is 6.61 Å². The zero-order valence-corrected chi connectivity index (χ0v) is 6.81. The van der Waals surface area contributed by atoms with E-state index in [1.54, 1.807) is 0 Å². The van der Waals surface area contributed by atoms with Gasteiger partial charge >= 0.3 is 0 Å². The highest BCUT2D eigenvalue weighted by Gasteiger charge is 1.99. The van der Waals surface area contributed by atoms with Crippen LogP contribution in [-0.4, -0.2) is 26.2 Å². The lowest BCUT2D eigenvalue weighted by Gasteiger charge is -2.05.